The van der Waals surface area contributed by atoms with Crippen molar-refractivity contribution in [3.63, 3.8) is 0 Å². The summed E-state index contributed by atoms with van der Waals surface area (Å²) in [4.78, 5) is 8.39. The molecule has 6 nitrogen and oxygen atoms in total. The van der Waals surface area contributed by atoms with E-state index in [0.717, 1.165) is 18.2 Å². The van der Waals surface area contributed by atoms with Crippen molar-refractivity contribution in [1.82, 2.24) is 25.3 Å². The summed E-state index contributed by atoms with van der Waals surface area (Å²) in [5.74, 6) is 1.42. The summed E-state index contributed by atoms with van der Waals surface area (Å²) in [6, 6.07) is 15.2. The van der Waals surface area contributed by atoms with Crippen LogP contribution in [-0.4, -0.2) is 47.8 Å². The van der Waals surface area contributed by atoms with E-state index in [1.165, 1.54) is 29.8 Å². The van der Waals surface area contributed by atoms with Crippen LogP contribution in [0, 0.1) is 5.92 Å². The first kappa shape index (κ1) is 20.6. The fourth-order valence-electron chi connectivity index (χ4n) is 4.25. The Bertz CT molecular complexity index is 935. The standard InChI is InChI=1S/C23H30N6S/c1-24-23(25-16-18-7-3-9-20(15-18)29-13-6-11-27-29)26-17-19-8-4-12-28(2)22(19)21-10-5-14-30-21/h3,5-7,9-11,13-15,19,22H,4,8,12,16-17H2,1-2H3,(H2,24,25,26). The Morgan fingerprint density at radius 3 is 2.93 bits per heavy atom. The largest absolute Gasteiger partial charge is 0.356 e. The molecule has 0 amide bonds. The van der Waals surface area contributed by atoms with Gasteiger partial charge in [0.15, 0.2) is 5.96 Å². The minimum Gasteiger partial charge on any atom is -0.356 e. The number of nitrogens with zero attached hydrogens (tertiary/aromatic N) is 4. The number of rotatable bonds is 6. The van der Waals surface area contributed by atoms with Crippen LogP contribution in [0.5, 0.6) is 0 Å². The highest BCUT2D eigenvalue weighted by Gasteiger charge is 2.31. The molecule has 1 aromatic carbocycles. The van der Waals surface area contributed by atoms with E-state index in [1.807, 2.05) is 35.3 Å². The van der Waals surface area contributed by atoms with Gasteiger partial charge >= 0.3 is 0 Å². The Hall–Kier alpha value is -2.64. The predicted octanol–water partition coefficient (Wildman–Crippen LogP) is 3.68. The molecule has 0 aliphatic carbocycles. The van der Waals surface area contributed by atoms with E-state index in [1.54, 1.807) is 6.20 Å². The van der Waals surface area contributed by atoms with Gasteiger partial charge in [0.1, 0.15) is 0 Å². The second-order valence-electron chi connectivity index (χ2n) is 7.77. The maximum atomic E-state index is 4.43. The zero-order valence-electron chi connectivity index (χ0n) is 17.7. The summed E-state index contributed by atoms with van der Waals surface area (Å²) >= 11 is 1.86. The van der Waals surface area contributed by atoms with Crippen LogP contribution in [0.2, 0.25) is 0 Å². The smallest absolute Gasteiger partial charge is 0.191 e. The number of benzene rings is 1. The molecule has 1 aliphatic rings. The molecular weight excluding hydrogens is 392 g/mol. The fraction of sp³-hybridized carbons (Fsp3) is 0.391. The monoisotopic (exact) mass is 422 g/mol. The Morgan fingerprint density at radius 1 is 1.23 bits per heavy atom. The van der Waals surface area contributed by atoms with Gasteiger partial charge in [-0.05, 0) is 67.6 Å². The number of hydrogen-bond donors (Lipinski definition) is 2. The van der Waals surface area contributed by atoms with Crippen molar-refractivity contribution in [2.24, 2.45) is 10.9 Å². The highest BCUT2D eigenvalue weighted by atomic mass is 32.1. The van der Waals surface area contributed by atoms with Gasteiger partial charge in [0.25, 0.3) is 0 Å². The topological polar surface area (TPSA) is 57.5 Å². The Morgan fingerprint density at radius 2 is 2.17 bits per heavy atom. The maximum Gasteiger partial charge on any atom is 0.191 e. The number of aromatic nitrogens is 2. The third kappa shape index (κ3) is 4.91. The summed E-state index contributed by atoms with van der Waals surface area (Å²) in [5.41, 5.74) is 2.26. The molecule has 2 atom stereocenters. The van der Waals surface area contributed by atoms with E-state index >= 15 is 0 Å². The first-order chi connectivity index (χ1) is 14.7. The molecule has 2 unspecified atom stereocenters. The number of thiophene rings is 1. The van der Waals surface area contributed by atoms with E-state index < -0.39 is 0 Å². The SMILES string of the molecule is CN=C(NCc1cccc(-n2cccn2)c1)NCC1CCCN(C)C1c1cccs1. The van der Waals surface area contributed by atoms with E-state index in [-0.39, 0.29) is 0 Å². The van der Waals surface area contributed by atoms with Gasteiger partial charge in [0.05, 0.1) is 5.69 Å². The molecule has 158 valence electrons. The lowest BCUT2D eigenvalue weighted by atomic mass is 9.88. The quantitative estimate of drug-likeness (QED) is 0.470. The minimum absolute atomic E-state index is 0.482. The highest BCUT2D eigenvalue weighted by Crippen LogP contribution is 2.36. The van der Waals surface area contributed by atoms with Crippen molar-refractivity contribution >= 4 is 17.3 Å². The van der Waals surface area contributed by atoms with Crippen molar-refractivity contribution in [2.75, 3.05) is 27.2 Å². The van der Waals surface area contributed by atoms with Crippen molar-refractivity contribution in [3.8, 4) is 5.69 Å². The highest BCUT2D eigenvalue weighted by molar-refractivity contribution is 7.10. The second-order valence-corrected chi connectivity index (χ2v) is 8.75. The molecule has 30 heavy (non-hydrogen) atoms. The van der Waals surface area contributed by atoms with Crippen LogP contribution in [0.4, 0.5) is 0 Å². The molecule has 4 rings (SSSR count). The third-order valence-electron chi connectivity index (χ3n) is 5.74. The number of aliphatic imine (C=N–C) groups is 1. The van der Waals surface area contributed by atoms with E-state index in [0.29, 0.717) is 18.5 Å². The lowest BCUT2D eigenvalue weighted by Crippen LogP contribution is -2.44. The van der Waals surface area contributed by atoms with Crippen LogP contribution in [0.1, 0.15) is 29.3 Å². The Labute approximate surface area is 182 Å². The molecule has 3 aromatic rings. The van der Waals surface area contributed by atoms with Gasteiger partial charge in [-0.15, -0.1) is 11.3 Å². The van der Waals surface area contributed by atoms with E-state index in [4.69, 9.17) is 0 Å². The van der Waals surface area contributed by atoms with Gasteiger partial charge in [-0.1, -0.05) is 18.2 Å². The molecule has 0 bridgehead atoms. The van der Waals surface area contributed by atoms with Crippen molar-refractivity contribution < 1.29 is 0 Å². The molecule has 0 spiro atoms. The molecule has 1 saturated heterocycles. The molecule has 1 fully saturated rings. The third-order valence-corrected chi connectivity index (χ3v) is 6.68. The molecule has 2 aromatic heterocycles. The van der Waals surface area contributed by atoms with Crippen LogP contribution < -0.4 is 10.6 Å². The van der Waals surface area contributed by atoms with Gasteiger partial charge in [-0.2, -0.15) is 5.10 Å². The Balaban J connectivity index is 1.34. The molecule has 0 saturated carbocycles. The summed E-state index contributed by atoms with van der Waals surface area (Å²) in [5, 5.41) is 13.5. The molecule has 0 radical (unpaired) electrons. The van der Waals surface area contributed by atoms with E-state index in [2.05, 4.69) is 74.5 Å². The van der Waals surface area contributed by atoms with Crippen LogP contribution in [0.15, 0.2) is 65.2 Å². The average molecular weight is 423 g/mol. The summed E-state index contributed by atoms with van der Waals surface area (Å²) < 4.78 is 1.88. The van der Waals surface area contributed by atoms with Gasteiger partial charge in [0, 0.05) is 43.4 Å². The zero-order valence-corrected chi connectivity index (χ0v) is 18.5. The van der Waals surface area contributed by atoms with Gasteiger partial charge in [-0.25, -0.2) is 4.68 Å². The van der Waals surface area contributed by atoms with Gasteiger partial charge < -0.3 is 10.6 Å². The first-order valence-electron chi connectivity index (χ1n) is 10.5. The van der Waals surface area contributed by atoms with Crippen molar-refractivity contribution in [2.45, 2.75) is 25.4 Å². The fourth-order valence-corrected chi connectivity index (χ4v) is 5.23. The molecular formula is C23H30N6S. The molecule has 2 N–H and O–H groups in total. The maximum absolute atomic E-state index is 4.43. The Kier molecular flexibility index (Phi) is 6.81. The van der Waals surface area contributed by atoms with Gasteiger partial charge in [-0.3, -0.25) is 9.89 Å². The summed E-state index contributed by atoms with van der Waals surface area (Å²) in [6.45, 7) is 2.80. The lowest BCUT2D eigenvalue weighted by molar-refractivity contribution is 0.125. The van der Waals surface area contributed by atoms with Crippen LogP contribution in [0.3, 0.4) is 0 Å². The van der Waals surface area contributed by atoms with Crippen molar-refractivity contribution in [1.29, 1.82) is 0 Å². The predicted molar refractivity (Wildman–Crippen MR) is 124 cm³/mol. The molecule has 7 heteroatoms. The average Bonchev–Trinajstić information content (AvgIpc) is 3.49. The number of piperidine rings is 1. The lowest BCUT2D eigenvalue weighted by Gasteiger charge is -2.39. The number of guanidine groups is 1. The van der Waals surface area contributed by atoms with Crippen molar-refractivity contribution in [3.05, 3.63) is 70.7 Å². The van der Waals surface area contributed by atoms with Crippen LogP contribution >= 0.6 is 11.3 Å². The number of hydrogen-bond acceptors (Lipinski definition) is 4. The van der Waals surface area contributed by atoms with Crippen LogP contribution in [0.25, 0.3) is 5.69 Å². The summed E-state index contributed by atoms with van der Waals surface area (Å²) in [6.07, 6.45) is 6.24. The zero-order chi connectivity index (χ0) is 20.8. The van der Waals surface area contributed by atoms with Crippen LogP contribution in [-0.2, 0) is 6.54 Å². The van der Waals surface area contributed by atoms with E-state index in [9.17, 15) is 0 Å². The normalized spacial score (nSPS) is 20.3. The first-order valence-corrected chi connectivity index (χ1v) is 11.4. The molecule has 1 aliphatic heterocycles. The summed E-state index contributed by atoms with van der Waals surface area (Å²) in [7, 11) is 4.08. The number of likely N-dealkylation sites (tertiary alicyclic amines) is 1. The molecule has 3 heterocycles. The van der Waals surface area contributed by atoms with Gasteiger partial charge in [0.2, 0.25) is 0 Å². The second kappa shape index (κ2) is 9.91. The number of nitrogens with one attached hydrogen (secondary N) is 2. The minimum atomic E-state index is 0.482.